The topological polar surface area (TPSA) is 150 Å². The second-order valence-corrected chi connectivity index (χ2v) is 7.62. The van der Waals surface area contributed by atoms with Crippen LogP contribution in [0.4, 0.5) is 5.69 Å². The van der Waals surface area contributed by atoms with Crippen LogP contribution in [0.3, 0.4) is 0 Å². The molecule has 1 aromatic rings. The first kappa shape index (κ1) is 21.9. The Morgan fingerprint density at radius 1 is 1.08 bits per heavy atom. The Kier molecular flexibility index (Phi) is 9.60. The first-order chi connectivity index (χ1) is 12.3. The van der Waals surface area contributed by atoms with Gasteiger partial charge in [-0.15, -0.1) is 0 Å². The number of carbonyl (C=O) groups is 4. The summed E-state index contributed by atoms with van der Waals surface area (Å²) in [7, 11) is 0. The molecule has 4 N–H and O–H groups in total. The number of carboxylic acid groups (broad SMARTS) is 2. The van der Waals surface area contributed by atoms with Crippen molar-refractivity contribution in [3.63, 3.8) is 0 Å². The Bertz CT molecular complexity index is 681. The van der Waals surface area contributed by atoms with Gasteiger partial charge in [0.2, 0.25) is 0 Å². The van der Waals surface area contributed by atoms with Crippen molar-refractivity contribution in [3.05, 3.63) is 24.3 Å². The quantitative estimate of drug-likeness (QED) is 0.263. The predicted molar refractivity (Wildman–Crippen MR) is 94.9 cm³/mol. The molecule has 0 spiro atoms. The van der Waals surface area contributed by atoms with Gasteiger partial charge in [-0.25, -0.2) is 4.79 Å². The molecule has 0 aliphatic carbocycles. The van der Waals surface area contributed by atoms with Gasteiger partial charge in [0.25, 0.3) is 0 Å². The Balaban J connectivity index is 2.28. The van der Waals surface area contributed by atoms with E-state index in [-0.39, 0.29) is 23.8 Å². The second kappa shape index (κ2) is 11.4. The van der Waals surface area contributed by atoms with Gasteiger partial charge in [-0.2, -0.15) is 0 Å². The fraction of sp³-hybridized carbons (Fsp3) is 0.333. The van der Waals surface area contributed by atoms with Crippen LogP contribution in [-0.4, -0.2) is 67.2 Å². The van der Waals surface area contributed by atoms with Crippen molar-refractivity contribution in [2.24, 2.45) is 0 Å². The maximum atomic E-state index is 11.8. The zero-order valence-electron chi connectivity index (χ0n) is 13.5. The van der Waals surface area contributed by atoms with Gasteiger partial charge in [0.05, 0.1) is 6.42 Å². The molecule has 11 heteroatoms. The van der Waals surface area contributed by atoms with Crippen LogP contribution in [-0.2, 0) is 22.9 Å². The summed E-state index contributed by atoms with van der Waals surface area (Å²) in [5.41, 5.74) is 0.574. The molecule has 2 amide bonds. The van der Waals surface area contributed by atoms with E-state index in [9.17, 15) is 22.9 Å². The van der Waals surface area contributed by atoms with Crippen LogP contribution < -0.4 is 15.0 Å². The van der Waals surface area contributed by atoms with E-state index in [4.69, 9.17) is 10.2 Å². The summed E-state index contributed by atoms with van der Waals surface area (Å²) in [5, 5.41) is 22.2. The van der Waals surface area contributed by atoms with Crippen molar-refractivity contribution >= 4 is 61.2 Å². The van der Waals surface area contributed by atoms with Gasteiger partial charge in [0, 0.05) is 0 Å². The summed E-state index contributed by atoms with van der Waals surface area (Å²) >= 11 is 0.0837. The van der Waals surface area contributed by atoms with E-state index in [1.54, 1.807) is 24.3 Å². The van der Waals surface area contributed by atoms with Crippen LogP contribution in [0.5, 0.6) is 0 Å². The fourth-order valence-corrected chi connectivity index (χ4v) is 3.07. The number of rotatable bonds is 11. The first-order valence-corrected chi connectivity index (χ1v) is 10.2. The van der Waals surface area contributed by atoms with Crippen molar-refractivity contribution in [1.82, 2.24) is 5.32 Å². The summed E-state index contributed by atoms with van der Waals surface area (Å²) in [5.74, 6) is -3.24. The van der Waals surface area contributed by atoms with Crippen molar-refractivity contribution in [2.45, 2.75) is 18.9 Å². The summed E-state index contributed by atoms with van der Waals surface area (Å²) in [6.45, 7) is 0. The summed E-state index contributed by atoms with van der Waals surface area (Å²) in [6.07, 6.45) is -0.744. The number of carbonyl (C=O) groups excluding carboxylic acids is 2. The molecule has 1 rings (SSSR count). The summed E-state index contributed by atoms with van der Waals surface area (Å²) < 4.78 is 11.5. The van der Waals surface area contributed by atoms with Gasteiger partial charge in [0.15, 0.2) is 0 Å². The molecule has 140 valence electrons. The Morgan fingerprint density at radius 3 is 2.27 bits per heavy atom. The van der Waals surface area contributed by atoms with Gasteiger partial charge in [-0.1, -0.05) is 0 Å². The van der Waals surface area contributed by atoms with E-state index in [1.165, 1.54) is 11.8 Å². The van der Waals surface area contributed by atoms with Crippen molar-refractivity contribution in [3.8, 4) is 0 Å². The van der Waals surface area contributed by atoms with Crippen molar-refractivity contribution in [2.75, 3.05) is 16.8 Å². The Hall–Kier alpha value is -2.19. The average molecular weight is 444 g/mol. The molecular weight excluding hydrogens is 427 g/mol. The number of aliphatic carboxylic acids is 2. The van der Waals surface area contributed by atoms with Crippen LogP contribution in [0.2, 0.25) is 0 Å². The molecule has 0 unspecified atom stereocenters. The van der Waals surface area contributed by atoms with Crippen molar-refractivity contribution < 1.29 is 33.1 Å². The molecule has 0 saturated heterocycles. The number of hydrogen-bond acceptors (Lipinski definition) is 6. The number of nitrogens with one attached hydrogen (secondary N) is 2. The third kappa shape index (κ3) is 8.77. The van der Waals surface area contributed by atoms with Gasteiger partial charge >= 0.3 is 127 Å². The van der Waals surface area contributed by atoms with Crippen LogP contribution in [0.1, 0.15) is 12.8 Å². The number of carboxylic acids is 2. The summed E-state index contributed by atoms with van der Waals surface area (Å²) in [4.78, 5) is 44.8. The van der Waals surface area contributed by atoms with Gasteiger partial charge in [0.1, 0.15) is 6.04 Å². The van der Waals surface area contributed by atoms with E-state index in [0.717, 1.165) is 0 Å². The second-order valence-electron chi connectivity index (χ2n) is 5.05. The monoisotopic (exact) mass is 444 g/mol. The zero-order valence-corrected chi connectivity index (χ0v) is 16.2. The zero-order chi connectivity index (χ0) is 19.5. The molecule has 1 aromatic carbocycles. The van der Waals surface area contributed by atoms with Crippen LogP contribution in [0.15, 0.2) is 24.3 Å². The molecule has 1 atom stereocenters. The van der Waals surface area contributed by atoms with E-state index >= 15 is 0 Å². The van der Waals surface area contributed by atoms with E-state index in [2.05, 4.69) is 10.6 Å². The van der Waals surface area contributed by atoms with Gasteiger partial charge in [-0.3, -0.25) is 4.79 Å². The molecular formula is C15H17AsN2O7S. The minimum absolute atomic E-state index is 0.0390. The van der Waals surface area contributed by atoms with Crippen LogP contribution >= 0.6 is 11.8 Å². The summed E-state index contributed by atoms with van der Waals surface area (Å²) in [6, 6.07) is 5.14. The van der Waals surface area contributed by atoms with E-state index in [1.807, 2.05) is 0 Å². The predicted octanol–water partition coefficient (Wildman–Crippen LogP) is -0.532. The molecule has 0 aliphatic rings. The van der Waals surface area contributed by atoms with E-state index in [0.29, 0.717) is 10.0 Å². The Labute approximate surface area is 159 Å². The molecule has 0 bridgehead atoms. The molecule has 0 saturated carbocycles. The molecule has 0 fully saturated rings. The standard InChI is InChI=1S/C15H17AsN2O7S/c19-12(18-11(15(23)24)7-14(21)22)5-6-26-8-13(20)17-10-3-1-9(16-25)2-4-10/h1-4,11H,5-8H2,(H,17,20)(H,18,19)(H,21,22)(H,23,24)/t11-/m0/s1. The van der Waals surface area contributed by atoms with Gasteiger partial charge in [-0.05, 0) is 0 Å². The Morgan fingerprint density at radius 2 is 1.73 bits per heavy atom. The molecule has 0 radical (unpaired) electrons. The van der Waals surface area contributed by atoms with Crippen molar-refractivity contribution in [1.29, 1.82) is 0 Å². The first-order valence-electron chi connectivity index (χ1n) is 7.36. The number of thioether (sulfide) groups is 1. The number of hydrogen-bond donors (Lipinski definition) is 4. The SMILES string of the molecule is O=[As]c1ccc(NC(=O)CSCCC(=O)N[C@@H](CC(=O)O)C(=O)O)cc1. The average Bonchev–Trinajstić information content (AvgIpc) is 2.58. The number of anilines is 1. The maximum absolute atomic E-state index is 11.8. The molecule has 26 heavy (non-hydrogen) atoms. The third-order valence-corrected chi connectivity index (χ3v) is 5.00. The van der Waals surface area contributed by atoms with Crippen LogP contribution in [0, 0.1) is 0 Å². The minimum atomic E-state index is -1.48. The third-order valence-electron chi connectivity index (χ3n) is 2.98. The van der Waals surface area contributed by atoms with Gasteiger partial charge < -0.3 is 10.2 Å². The molecule has 9 nitrogen and oxygen atoms in total. The number of amides is 2. The normalized spacial score (nSPS) is 11.5. The molecule has 0 aromatic heterocycles. The van der Waals surface area contributed by atoms with Crippen LogP contribution in [0.25, 0.3) is 0 Å². The number of benzene rings is 1. The fourth-order valence-electron chi connectivity index (χ4n) is 1.77. The van der Waals surface area contributed by atoms with E-state index < -0.39 is 46.0 Å². The molecule has 0 aliphatic heterocycles. The molecule has 0 heterocycles.